The summed E-state index contributed by atoms with van der Waals surface area (Å²) < 4.78 is 5.24. The molecule has 0 aromatic heterocycles. The average Bonchev–Trinajstić information content (AvgIpc) is 2.89. The van der Waals surface area contributed by atoms with Crippen molar-refractivity contribution in [3.8, 4) is 0 Å². The smallest absolute Gasteiger partial charge is 0.317 e. The first-order valence-electron chi connectivity index (χ1n) is 14.1. The minimum Gasteiger partial charge on any atom is -0.385 e. The molecule has 204 valence electrons. The van der Waals surface area contributed by atoms with E-state index in [1.165, 1.54) is 32.1 Å². The molecule has 3 N–H and O–H groups in total. The highest BCUT2D eigenvalue weighted by Crippen LogP contribution is 2.42. The van der Waals surface area contributed by atoms with E-state index in [1.807, 2.05) is 37.1 Å². The molecule has 0 bridgehead atoms. The van der Waals surface area contributed by atoms with Crippen LogP contribution in [0.2, 0.25) is 5.02 Å². The van der Waals surface area contributed by atoms with E-state index in [-0.39, 0.29) is 18.0 Å². The molecule has 1 aliphatic carbocycles. The second-order valence-electron chi connectivity index (χ2n) is 11.0. The van der Waals surface area contributed by atoms with Crippen molar-refractivity contribution >= 4 is 17.6 Å². The summed E-state index contributed by atoms with van der Waals surface area (Å²) in [5.41, 5.74) is 0.787. The summed E-state index contributed by atoms with van der Waals surface area (Å²) in [5.74, 6) is 0.660. The van der Waals surface area contributed by atoms with E-state index in [4.69, 9.17) is 16.3 Å². The lowest BCUT2D eigenvalue weighted by atomic mass is 9.73. The van der Waals surface area contributed by atoms with Crippen molar-refractivity contribution in [3.63, 3.8) is 0 Å². The van der Waals surface area contributed by atoms with Crippen LogP contribution in [0.4, 0.5) is 4.79 Å². The number of likely N-dealkylation sites (tertiary alicyclic amines) is 1. The van der Waals surface area contributed by atoms with Crippen molar-refractivity contribution in [3.05, 3.63) is 34.3 Å². The normalized spacial score (nSPS) is 21.7. The molecule has 2 unspecified atom stereocenters. The Morgan fingerprint density at radius 2 is 2.00 bits per heavy atom. The third-order valence-electron chi connectivity index (χ3n) is 8.40. The van der Waals surface area contributed by atoms with Crippen molar-refractivity contribution in [2.75, 3.05) is 40.4 Å². The summed E-state index contributed by atoms with van der Waals surface area (Å²) in [6.07, 6.45) is 11.7. The number of hydrogen-bond donors (Lipinski definition) is 3. The van der Waals surface area contributed by atoms with Gasteiger partial charge in [0.25, 0.3) is 0 Å². The average molecular weight is 522 g/mol. The second-order valence-corrected chi connectivity index (χ2v) is 11.4. The van der Waals surface area contributed by atoms with Crippen molar-refractivity contribution in [2.24, 2.45) is 11.8 Å². The van der Waals surface area contributed by atoms with Crippen LogP contribution in [0.5, 0.6) is 0 Å². The zero-order valence-corrected chi connectivity index (χ0v) is 23.4. The number of rotatable bonds is 12. The molecule has 2 fully saturated rings. The van der Waals surface area contributed by atoms with Crippen LogP contribution in [0, 0.1) is 18.8 Å². The molecule has 1 heterocycles. The summed E-state index contributed by atoms with van der Waals surface area (Å²) in [7, 11) is 3.66. The molecule has 2 amide bonds. The van der Waals surface area contributed by atoms with Crippen LogP contribution >= 0.6 is 11.6 Å². The fourth-order valence-corrected chi connectivity index (χ4v) is 6.53. The molecule has 1 saturated carbocycles. The summed E-state index contributed by atoms with van der Waals surface area (Å²) in [6.45, 7) is 4.72. The van der Waals surface area contributed by atoms with E-state index in [0.717, 1.165) is 56.3 Å². The number of amides is 2. The molecule has 36 heavy (non-hydrogen) atoms. The maximum absolute atomic E-state index is 13.4. The van der Waals surface area contributed by atoms with Crippen LogP contribution in [-0.2, 0) is 10.3 Å². The van der Waals surface area contributed by atoms with Gasteiger partial charge in [-0.15, -0.1) is 0 Å². The lowest BCUT2D eigenvalue weighted by Gasteiger charge is -2.44. The van der Waals surface area contributed by atoms with Crippen LogP contribution in [0.25, 0.3) is 0 Å². The van der Waals surface area contributed by atoms with Gasteiger partial charge >= 0.3 is 6.03 Å². The number of likely N-dealkylation sites (N-methyl/N-ethyl adjacent to an activating group) is 1. The zero-order valence-electron chi connectivity index (χ0n) is 22.7. The largest absolute Gasteiger partial charge is 0.385 e. The van der Waals surface area contributed by atoms with Gasteiger partial charge < -0.3 is 25.4 Å². The predicted molar refractivity (Wildman–Crippen MR) is 148 cm³/mol. The Labute approximate surface area is 223 Å². The topological polar surface area (TPSA) is 73.8 Å². The van der Waals surface area contributed by atoms with E-state index in [2.05, 4.69) is 10.6 Å². The molecule has 1 saturated heterocycles. The molecule has 7 heteroatoms. The lowest BCUT2D eigenvalue weighted by Crippen LogP contribution is -2.54. The van der Waals surface area contributed by atoms with Crippen molar-refractivity contribution in [1.82, 2.24) is 15.5 Å². The number of nitrogens with one attached hydrogen (secondary N) is 2. The van der Waals surface area contributed by atoms with E-state index in [1.54, 1.807) is 7.11 Å². The molecule has 0 radical (unpaired) electrons. The number of urea groups is 1. The number of carbonyl (C=O) groups is 1. The Kier molecular flexibility index (Phi) is 11.8. The van der Waals surface area contributed by atoms with Crippen LogP contribution < -0.4 is 10.6 Å². The maximum atomic E-state index is 13.4. The minimum atomic E-state index is -1.03. The fraction of sp³-hybridized carbons (Fsp3) is 0.759. The first kappa shape index (κ1) is 29.2. The lowest BCUT2D eigenvalue weighted by molar-refractivity contribution is -0.0568. The van der Waals surface area contributed by atoms with E-state index in [9.17, 15) is 9.90 Å². The van der Waals surface area contributed by atoms with Gasteiger partial charge in [0.2, 0.25) is 0 Å². The fourth-order valence-electron chi connectivity index (χ4n) is 6.36. The number of halogens is 1. The Morgan fingerprint density at radius 1 is 1.22 bits per heavy atom. The number of benzene rings is 1. The van der Waals surface area contributed by atoms with Gasteiger partial charge in [0.15, 0.2) is 0 Å². The molecular weight excluding hydrogens is 474 g/mol. The Morgan fingerprint density at radius 3 is 2.72 bits per heavy atom. The van der Waals surface area contributed by atoms with Crippen molar-refractivity contribution in [2.45, 2.75) is 89.2 Å². The van der Waals surface area contributed by atoms with Gasteiger partial charge in [-0.1, -0.05) is 55.8 Å². The number of aliphatic hydroxyl groups is 1. The van der Waals surface area contributed by atoms with Crippen molar-refractivity contribution < 1.29 is 14.6 Å². The van der Waals surface area contributed by atoms with Gasteiger partial charge in [-0.2, -0.15) is 0 Å². The first-order valence-corrected chi connectivity index (χ1v) is 14.4. The number of piperidine rings is 1. The second kappa shape index (κ2) is 14.6. The number of nitrogens with zero attached hydrogens (tertiary/aromatic N) is 1. The summed E-state index contributed by atoms with van der Waals surface area (Å²) in [5, 5.41) is 19.5. The number of ether oxygens (including phenoxy) is 1. The quantitative estimate of drug-likeness (QED) is 0.311. The minimum absolute atomic E-state index is 0.000286. The number of methoxy groups -OCH3 is 1. The van der Waals surface area contributed by atoms with Crippen molar-refractivity contribution in [1.29, 1.82) is 0 Å². The molecule has 1 aromatic carbocycles. The Balaban J connectivity index is 1.72. The molecule has 3 atom stereocenters. The summed E-state index contributed by atoms with van der Waals surface area (Å²) in [6, 6.07) is 5.94. The van der Waals surface area contributed by atoms with Gasteiger partial charge in [-0.05, 0) is 75.6 Å². The van der Waals surface area contributed by atoms with Crippen LogP contribution in [0.1, 0.15) is 81.8 Å². The highest BCUT2D eigenvalue weighted by molar-refractivity contribution is 6.31. The van der Waals surface area contributed by atoms with Crippen LogP contribution in [-0.4, -0.2) is 62.5 Å². The number of unbranched alkanes of at least 4 members (excludes halogenated alkanes) is 1. The molecule has 6 nitrogen and oxygen atoms in total. The molecule has 1 aliphatic heterocycles. The van der Waals surface area contributed by atoms with Gasteiger partial charge in [-0.3, -0.25) is 0 Å². The van der Waals surface area contributed by atoms with Crippen LogP contribution in [0.15, 0.2) is 18.2 Å². The molecule has 1 aromatic rings. The highest BCUT2D eigenvalue weighted by Gasteiger charge is 2.42. The van der Waals surface area contributed by atoms with E-state index in [0.29, 0.717) is 30.5 Å². The monoisotopic (exact) mass is 521 g/mol. The van der Waals surface area contributed by atoms with E-state index >= 15 is 0 Å². The standard InChI is InChI=1S/C29H48ClN3O3/c1-22-26(14-9-15-27(22)30)29(35,16-7-8-18-36-3)24-13-10-17-33(21-24)28(34)32-25(20-31-2)19-23-11-5-4-6-12-23/h9,14-15,23-25,31,35H,4-8,10-13,16-21H2,1-3H3,(H,32,34)/t24?,25?,29-/m0/s1. The highest BCUT2D eigenvalue weighted by atomic mass is 35.5. The third kappa shape index (κ3) is 7.83. The van der Waals surface area contributed by atoms with Gasteiger partial charge in [0, 0.05) is 50.3 Å². The molecule has 3 rings (SSSR count). The third-order valence-corrected chi connectivity index (χ3v) is 8.80. The van der Waals surface area contributed by atoms with Gasteiger partial charge in [-0.25, -0.2) is 4.79 Å². The van der Waals surface area contributed by atoms with Gasteiger partial charge in [0.05, 0.1) is 5.60 Å². The molecular formula is C29H48ClN3O3. The Hall–Kier alpha value is -1.34. The maximum Gasteiger partial charge on any atom is 0.317 e. The van der Waals surface area contributed by atoms with Gasteiger partial charge in [0.1, 0.15) is 0 Å². The molecule has 2 aliphatic rings. The SMILES string of the molecule is CNCC(CC1CCCCC1)NC(=O)N1CCCC([C@@](O)(CCCCOC)c2cccc(Cl)c2C)C1. The Bertz CT molecular complexity index is 817. The van der Waals surface area contributed by atoms with Crippen LogP contribution in [0.3, 0.4) is 0 Å². The first-order chi connectivity index (χ1) is 17.4. The van der Waals surface area contributed by atoms with E-state index < -0.39 is 5.60 Å². The number of hydrogen-bond acceptors (Lipinski definition) is 4. The predicted octanol–water partition coefficient (Wildman–Crippen LogP) is 5.63. The number of carbonyl (C=O) groups excluding carboxylic acids is 1. The summed E-state index contributed by atoms with van der Waals surface area (Å²) >= 11 is 6.48. The summed E-state index contributed by atoms with van der Waals surface area (Å²) in [4.78, 5) is 15.4. The molecule has 0 spiro atoms. The zero-order chi connectivity index (χ0) is 26.0.